The average molecular weight is 463 g/mol. The van der Waals surface area contributed by atoms with E-state index in [0.29, 0.717) is 24.4 Å². The maximum absolute atomic E-state index is 12.4. The molecule has 0 fully saturated rings. The summed E-state index contributed by atoms with van der Waals surface area (Å²) >= 11 is 0. The topological polar surface area (TPSA) is 123 Å². The maximum atomic E-state index is 12.4. The molecule has 0 heterocycles. The van der Waals surface area contributed by atoms with Gasteiger partial charge >= 0.3 is 7.12 Å². The molecule has 0 unspecified atom stereocenters. The Bertz CT molecular complexity index is 1020. The van der Waals surface area contributed by atoms with Crippen molar-refractivity contribution in [3.8, 4) is 11.8 Å². The second-order valence-corrected chi connectivity index (χ2v) is 7.60. The van der Waals surface area contributed by atoms with Crippen LogP contribution in [0.3, 0.4) is 0 Å². The van der Waals surface area contributed by atoms with Crippen LogP contribution in [0.4, 0.5) is 0 Å². The molecule has 0 spiro atoms. The second kappa shape index (κ2) is 13.8. The molecule has 0 aromatic heterocycles. The highest BCUT2D eigenvalue weighted by atomic mass is 16.5. The molecule has 0 saturated carbocycles. The predicted octanol–water partition coefficient (Wildman–Crippen LogP) is 1.97. The third-order valence-corrected chi connectivity index (χ3v) is 5.17. The normalized spacial score (nSPS) is 11.8. The van der Waals surface area contributed by atoms with E-state index in [1.165, 1.54) is 6.08 Å². The fourth-order valence-electron chi connectivity index (χ4n) is 3.32. The molecule has 2 aromatic carbocycles. The number of benzene rings is 2. The Labute approximate surface area is 200 Å². The van der Waals surface area contributed by atoms with Crippen LogP contribution in [0.25, 0.3) is 6.08 Å². The maximum Gasteiger partial charge on any atom is 0.475 e. The van der Waals surface area contributed by atoms with Crippen LogP contribution in [-0.4, -0.2) is 59.5 Å². The summed E-state index contributed by atoms with van der Waals surface area (Å²) in [6, 6.07) is 18.1. The van der Waals surface area contributed by atoms with Crippen molar-refractivity contribution in [2.24, 2.45) is 0 Å². The molecule has 2 aromatic rings. The molecule has 2 amide bonds. The number of nitriles is 1. The van der Waals surface area contributed by atoms with Gasteiger partial charge in [-0.2, -0.15) is 5.26 Å². The molecule has 0 aliphatic carbocycles. The molecule has 0 aliphatic rings. The van der Waals surface area contributed by atoms with E-state index in [1.54, 1.807) is 29.2 Å². The van der Waals surface area contributed by atoms with Gasteiger partial charge in [-0.1, -0.05) is 42.5 Å². The first-order valence-electron chi connectivity index (χ1n) is 11.2. The number of hydrogen-bond donors (Lipinski definition) is 3. The lowest BCUT2D eigenvalue weighted by atomic mass is 9.76. The predicted molar refractivity (Wildman–Crippen MR) is 130 cm³/mol. The fraction of sp³-hybridized carbons (Fsp3) is 0.320. The summed E-state index contributed by atoms with van der Waals surface area (Å²) < 4.78 is 5.65. The Morgan fingerprint density at radius 1 is 1.15 bits per heavy atom. The van der Waals surface area contributed by atoms with Gasteiger partial charge in [0.1, 0.15) is 17.4 Å². The molecule has 0 radical (unpaired) electrons. The van der Waals surface area contributed by atoms with Gasteiger partial charge in [-0.05, 0) is 49.6 Å². The quantitative estimate of drug-likeness (QED) is 0.251. The fourth-order valence-corrected chi connectivity index (χ4v) is 3.32. The molecule has 3 N–H and O–H groups in total. The molecule has 34 heavy (non-hydrogen) atoms. The first-order chi connectivity index (χ1) is 16.4. The van der Waals surface area contributed by atoms with Crippen LogP contribution in [0.2, 0.25) is 0 Å². The second-order valence-electron chi connectivity index (χ2n) is 7.60. The van der Waals surface area contributed by atoms with Crippen LogP contribution in [-0.2, 0) is 16.0 Å². The number of hydrogen-bond acceptors (Lipinski definition) is 6. The van der Waals surface area contributed by atoms with E-state index in [-0.39, 0.29) is 36.8 Å². The smallest absolute Gasteiger partial charge is 0.475 e. The van der Waals surface area contributed by atoms with Crippen molar-refractivity contribution >= 4 is 25.0 Å². The van der Waals surface area contributed by atoms with Gasteiger partial charge in [-0.3, -0.25) is 9.59 Å². The summed E-state index contributed by atoms with van der Waals surface area (Å²) in [4.78, 5) is 26.3. The highest BCUT2D eigenvalue weighted by Crippen LogP contribution is 2.17. The average Bonchev–Trinajstić information content (AvgIpc) is 2.83. The minimum absolute atomic E-state index is 0.0158. The van der Waals surface area contributed by atoms with Gasteiger partial charge in [-0.15, -0.1) is 0 Å². The monoisotopic (exact) mass is 463 g/mol. The van der Waals surface area contributed by atoms with Gasteiger partial charge < -0.3 is 25.0 Å². The van der Waals surface area contributed by atoms with Crippen molar-refractivity contribution in [3.63, 3.8) is 0 Å². The van der Waals surface area contributed by atoms with Crippen LogP contribution >= 0.6 is 0 Å². The van der Waals surface area contributed by atoms with Gasteiger partial charge in [0, 0.05) is 13.1 Å². The molecule has 0 aliphatic heterocycles. The molecule has 9 heteroatoms. The van der Waals surface area contributed by atoms with Gasteiger partial charge in [0.25, 0.3) is 5.91 Å². The summed E-state index contributed by atoms with van der Waals surface area (Å²) in [5.41, 5.74) is 1.54. The van der Waals surface area contributed by atoms with E-state index in [1.807, 2.05) is 50.2 Å². The van der Waals surface area contributed by atoms with Crippen LogP contribution in [0.15, 0.2) is 60.2 Å². The number of nitrogens with one attached hydrogen (secondary N) is 1. The van der Waals surface area contributed by atoms with E-state index < -0.39 is 13.1 Å². The van der Waals surface area contributed by atoms with Crippen molar-refractivity contribution < 1.29 is 24.4 Å². The molecule has 2 rings (SSSR count). The summed E-state index contributed by atoms with van der Waals surface area (Å²) in [5.74, 6) is -1.05. The number of carbonyl (C=O) groups excluding carboxylic acids is 2. The van der Waals surface area contributed by atoms with E-state index in [2.05, 4.69) is 5.32 Å². The van der Waals surface area contributed by atoms with Gasteiger partial charge in [-0.25, -0.2) is 0 Å². The van der Waals surface area contributed by atoms with Crippen LogP contribution in [0, 0.1) is 11.3 Å². The largest absolute Gasteiger partial charge is 0.493 e. The van der Waals surface area contributed by atoms with Crippen molar-refractivity contribution in [2.75, 3.05) is 19.7 Å². The van der Waals surface area contributed by atoms with Crippen molar-refractivity contribution in [1.82, 2.24) is 10.2 Å². The first kappa shape index (κ1) is 26.6. The van der Waals surface area contributed by atoms with E-state index >= 15 is 0 Å². The Hall–Kier alpha value is -3.61. The molecule has 178 valence electrons. The third kappa shape index (κ3) is 8.39. The summed E-state index contributed by atoms with van der Waals surface area (Å²) in [7, 11) is -1.69. The molecule has 0 bridgehead atoms. The Morgan fingerprint density at radius 3 is 2.47 bits per heavy atom. The molecule has 0 saturated heterocycles. The number of ether oxygens (including phenoxy) is 1. The lowest BCUT2D eigenvalue weighted by Gasteiger charge is -2.18. The highest BCUT2D eigenvalue weighted by molar-refractivity contribution is 6.43. The zero-order valence-electron chi connectivity index (χ0n) is 19.5. The number of carbonyl (C=O) groups is 2. The number of amides is 2. The molecule has 8 nitrogen and oxygen atoms in total. The molecular weight excluding hydrogens is 433 g/mol. The lowest BCUT2D eigenvalue weighted by Crippen LogP contribution is -2.48. The van der Waals surface area contributed by atoms with Crippen molar-refractivity contribution in [3.05, 3.63) is 71.3 Å². The minimum atomic E-state index is -1.69. The van der Waals surface area contributed by atoms with Gasteiger partial charge in [0.05, 0.1) is 19.0 Å². The number of nitrogens with zero attached hydrogens (tertiary/aromatic N) is 2. The first-order valence-corrected chi connectivity index (χ1v) is 11.2. The summed E-state index contributed by atoms with van der Waals surface area (Å²) in [6.45, 7) is 4.80. The Morgan fingerprint density at radius 2 is 1.85 bits per heavy atom. The number of rotatable bonds is 12. The zero-order valence-corrected chi connectivity index (χ0v) is 19.5. The van der Waals surface area contributed by atoms with E-state index in [4.69, 9.17) is 4.74 Å². The molecule has 1 atom stereocenters. The van der Waals surface area contributed by atoms with E-state index in [9.17, 15) is 24.9 Å². The molecular formula is C25H30BN3O5. The Kier molecular flexibility index (Phi) is 10.8. The van der Waals surface area contributed by atoms with Crippen LogP contribution < -0.4 is 10.1 Å². The van der Waals surface area contributed by atoms with E-state index in [0.717, 1.165) is 5.56 Å². The van der Waals surface area contributed by atoms with Gasteiger partial charge in [0.2, 0.25) is 5.91 Å². The van der Waals surface area contributed by atoms with Crippen LogP contribution in [0.5, 0.6) is 5.75 Å². The van der Waals surface area contributed by atoms with Crippen molar-refractivity contribution in [2.45, 2.75) is 32.6 Å². The van der Waals surface area contributed by atoms with Crippen LogP contribution in [0.1, 0.15) is 31.4 Å². The number of likely N-dealkylation sites (N-methyl/N-ethyl adjacent to an activating group) is 1. The summed E-state index contributed by atoms with van der Waals surface area (Å²) in [5, 5.41) is 31.2. The summed E-state index contributed by atoms with van der Waals surface area (Å²) in [6.07, 6.45) is 1.81. The van der Waals surface area contributed by atoms with Crippen molar-refractivity contribution in [1.29, 1.82) is 5.26 Å². The SMILES string of the molecule is CCN(CC)C(=O)C(C#N)=Cc1cccc(OCCC(=O)N[C@@H](Cc2ccccc2)B(O)O)c1. The van der Waals surface area contributed by atoms with Gasteiger partial charge in [0.15, 0.2) is 0 Å². The Balaban J connectivity index is 1.93. The lowest BCUT2D eigenvalue weighted by molar-refractivity contribution is -0.126. The highest BCUT2D eigenvalue weighted by Gasteiger charge is 2.25. The third-order valence-electron chi connectivity index (χ3n) is 5.17. The standard InChI is InChI=1S/C25H30BN3O5/c1-3-29(4-2)25(31)21(18-27)15-20-11-8-12-22(16-20)34-14-13-24(30)28-23(26(32)33)17-19-9-6-5-7-10-19/h5-12,15-16,23,32-33H,3-4,13-14,17H2,1-2H3,(H,28,30)/t23-/m0/s1. The zero-order chi connectivity index (χ0) is 24.9. The minimum Gasteiger partial charge on any atom is -0.493 e.